The fourth-order valence-corrected chi connectivity index (χ4v) is 5.89. The molecule has 0 radical (unpaired) electrons. The summed E-state index contributed by atoms with van der Waals surface area (Å²) >= 11 is 0. The molecule has 1 aromatic carbocycles. The maximum atomic E-state index is 13.3. The molecule has 8 nitrogen and oxygen atoms in total. The topological polar surface area (TPSA) is 93.2 Å². The van der Waals surface area contributed by atoms with Crippen molar-refractivity contribution in [3.63, 3.8) is 0 Å². The molecule has 150 valence electrons. The van der Waals surface area contributed by atoms with Crippen molar-refractivity contribution >= 4 is 35.0 Å². The van der Waals surface area contributed by atoms with Gasteiger partial charge in [-0.3, -0.25) is 19.2 Å². The van der Waals surface area contributed by atoms with Gasteiger partial charge in [-0.15, -0.1) is 0 Å². The minimum Gasteiger partial charge on any atom is -0.353 e. The van der Waals surface area contributed by atoms with E-state index in [4.69, 9.17) is 9.47 Å². The predicted octanol–water partition coefficient (Wildman–Crippen LogP) is 0.860. The van der Waals surface area contributed by atoms with Crippen LogP contribution in [-0.4, -0.2) is 47.0 Å². The van der Waals surface area contributed by atoms with Crippen LogP contribution < -0.4 is 9.80 Å². The molecule has 6 heterocycles. The smallest absolute Gasteiger partial charge is 0.270 e. The summed E-state index contributed by atoms with van der Waals surface area (Å²) in [6.45, 7) is 0. The van der Waals surface area contributed by atoms with E-state index in [1.54, 1.807) is 36.4 Å². The lowest BCUT2D eigenvalue weighted by Gasteiger charge is -2.25. The van der Waals surface area contributed by atoms with Crippen molar-refractivity contribution < 1.29 is 28.7 Å². The van der Waals surface area contributed by atoms with E-state index in [0.29, 0.717) is 12.8 Å². The van der Waals surface area contributed by atoms with Gasteiger partial charge in [0.25, 0.3) is 11.8 Å². The van der Waals surface area contributed by atoms with Gasteiger partial charge >= 0.3 is 0 Å². The molecule has 6 aliphatic heterocycles. The van der Waals surface area contributed by atoms with Crippen LogP contribution in [0.1, 0.15) is 12.8 Å². The molecule has 4 bridgehead atoms. The Bertz CT molecular complexity index is 1070. The average Bonchev–Trinajstić information content (AvgIpc) is 3.56. The second-order valence-corrected chi connectivity index (χ2v) is 8.64. The van der Waals surface area contributed by atoms with Gasteiger partial charge in [-0.1, -0.05) is 24.3 Å². The van der Waals surface area contributed by atoms with E-state index in [9.17, 15) is 19.2 Å². The lowest BCUT2D eigenvalue weighted by Crippen LogP contribution is -2.42. The second-order valence-electron chi connectivity index (χ2n) is 8.64. The van der Waals surface area contributed by atoms with E-state index < -0.39 is 34.9 Å². The van der Waals surface area contributed by atoms with Gasteiger partial charge in [0.05, 0.1) is 35.4 Å². The molecule has 0 aliphatic carbocycles. The average molecular weight is 404 g/mol. The second kappa shape index (κ2) is 4.96. The van der Waals surface area contributed by atoms with Crippen LogP contribution in [0.5, 0.6) is 0 Å². The molecule has 8 heteroatoms. The van der Waals surface area contributed by atoms with E-state index >= 15 is 0 Å². The molecule has 6 aliphatic rings. The van der Waals surface area contributed by atoms with Crippen LogP contribution in [0.15, 0.2) is 48.6 Å². The molecule has 7 rings (SSSR count). The highest BCUT2D eigenvalue weighted by Gasteiger charge is 2.69. The first-order valence-electron chi connectivity index (χ1n) is 10.1. The van der Waals surface area contributed by atoms with E-state index in [1.165, 1.54) is 0 Å². The van der Waals surface area contributed by atoms with Crippen molar-refractivity contribution in [2.75, 3.05) is 9.80 Å². The first-order chi connectivity index (χ1) is 14.5. The summed E-state index contributed by atoms with van der Waals surface area (Å²) in [6, 6.07) is 6.51. The summed E-state index contributed by atoms with van der Waals surface area (Å²) < 4.78 is 11.7. The summed E-state index contributed by atoms with van der Waals surface area (Å²) in [5.74, 6) is -2.86. The van der Waals surface area contributed by atoms with E-state index in [2.05, 4.69) is 0 Å². The van der Waals surface area contributed by atoms with Crippen molar-refractivity contribution in [2.24, 2.45) is 11.8 Å². The van der Waals surface area contributed by atoms with E-state index in [-0.39, 0.29) is 35.4 Å². The molecule has 30 heavy (non-hydrogen) atoms. The van der Waals surface area contributed by atoms with Gasteiger partial charge in [0, 0.05) is 0 Å². The summed E-state index contributed by atoms with van der Waals surface area (Å²) in [4.78, 5) is 55.2. The Morgan fingerprint density at radius 1 is 0.733 bits per heavy atom. The monoisotopic (exact) mass is 404 g/mol. The van der Waals surface area contributed by atoms with Gasteiger partial charge in [-0.2, -0.15) is 0 Å². The van der Waals surface area contributed by atoms with Gasteiger partial charge in [0.1, 0.15) is 0 Å². The first-order valence-corrected chi connectivity index (χ1v) is 10.1. The van der Waals surface area contributed by atoms with Crippen molar-refractivity contribution in [3.8, 4) is 0 Å². The molecule has 0 N–H and O–H groups in total. The largest absolute Gasteiger partial charge is 0.353 e. The molecule has 1 aromatic rings. The summed E-state index contributed by atoms with van der Waals surface area (Å²) in [5.41, 5.74) is -2.11. The van der Waals surface area contributed by atoms with Crippen molar-refractivity contribution in [1.29, 1.82) is 0 Å². The van der Waals surface area contributed by atoms with Gasteiger partial charge in [0.2, 0.25) is 11.8 Å². The zero-order chi connectivity index (χ0) is 20.4. The highest BCUT2D eigenvalue weighted by molar-refractivity contribution is 6.31. The fourth-order valence-electron chi connectivity index (χ4n) is 5.89. The van der Waals surface area contributed by atoms with E-state index in [1.807, 2.05) is 12.2 Å². The number of fused-ring (bicyclic) bond motifs is 2. The molecule has 4 saturated heterocycles. The maximum absolute atomic E-state index is 13.3. The molecule has 0 aromatic heterocycles. The van der Waals surface area contributed by atoms with Gasteiger partial charge in [-0.25, -0.2) is 9.80 Å². The van der Waals surface area contributed by atoms with Crippen LogP contribution in [-0.2, 0) is 28.7 Å². The number of benzene rings is 1. The van der Waals surface area contributed by atoms with Crippen molar-refractivity contribution in [2.45, 2.75) is 36.3 Å². The predicted molar refractivity (Wildman–Crippen MR) is 101 cm³/mol. The number of amides is 4. The molecule has 4 fully saturated rings. The van der Waals surface area contributed by atoms with Crippen LogP contribution in [0.25, 0.3) is 0 Å². The van der Waals surface area contributed by atoms with E-state index in [0.717, 1.165) is 9.80 Å². The first kappa shape index (κ1) is 16.7. The SMILES string of the molecule is O=C1C2CC3C=CC2(O3)C(=O)N1c1ccccc1N1C(=O)C2CC3C=CC2(O3)C1=O. The molecular formula is C22H16N2O6. The molecule has 4 amide bonds. The number of ether oxygens (including phenoxy) is 2. The Labute approximate surface area is 170 Å². The highest BCUT2D eigenvalue weighted by Crippen LogP contribution is 2.54. The van der Waals surface area contributed by atoms with Crippen molar-refractivity contribution in [3.05, 3.63) is 48.6 Å². The van der Waals surface area contributed by atoms with Gasteiger partial charge in [0.15, 0.2) is 11.2 Å². The van der Waals surface area contributed by atoms with Gasteiger partial charge < -0.3 is 9.47 Å². The molecule has 0 saturated carbocycles. The number of hydrogen-bond acceptors (Lipinski definition) is 6. The zero-order valence-electron chi connectivity index (χ0n) is 15.7. The number of imide groups is 2. The zero-order valence-corrected chi connectivity index (χ0v) is 15.7. The Morgan fingerprint density at radius 2 is 1.17 bits per heavy atom. The van der Waals surface area contributed by atoms with Crippen molar-refractivity contribution in [1.82, 2.24) is 0 Å². The third-order valence-corrected chi connectivity index (χ3v) is 7.26. The van der Waals surface area contributed by atoms with Crippen LogP contribution >= 0.6 is 0 Å². The Hall–Kier alpha value is -3.10. The highest BCUT2D eigenvalue weighted by atomic mass is 16.5. The minimum atomic E-state index is -1.27. The number of rotatable bonds is 2. The van der Waals surface area contributed by atoms with Crippen LogP contribution in [0.3, 0.4) is 0 Å². The van der Waals surface area contributed by atoms with Crippen LogP contribution in [0.2, 0.25) is 0 Å². The molecule has 6 atom stereocenters. The van der Waals surface area contributed by atoms with Crippen LogP contribution in [0.4, 0.5) is 11.4 Å². The third kappa shape index (κ3) is 1.61. The third-order valence-electron chi connectivity index (χ3n) is 7.26. The summed E-state index contributed by atoms with van der Waals surface area (Å²) in [5, 5.41) is 0. The number of para-hydroxylation sites is 2. The Morgan fingerprint density at radius 3 is 1.53 bits per heavy atom. The Balaban J connectivity index is 1.34. The summed E-state index contributed by atoms with van der Waals surface area (Å²) in [7, 11) is 0. The maximum Gasteiger partial charge on any atom is 0.270 e. The molecule has 2 spiro atoms. The number of anilines is 2. The number of nitrogens with zero attached hydrogens (tertiary/aromatic N) is 2. The quantitative estimate of drug-likeness (QED) is 0.536. The Kier molecular flexibility index (Phi) is 2.76. The number of carbonyl (C=O) groups is 4. The lowest BCUT2D eigenvalue weighted by molar-refractivity contribution is -0.132. The number of hydrogen-bond donors (Lipinski definition) is 0. The minimum absolute atomic E-state index is 0.216. The molecular weight excluding hydrogens is 388 g/mol. The normalized spacial score (nSPS) is 42.3. The van der Waals surface area contributed by atoms with Gasteiger partial charge in [-0.05, 0) is 37.1 Å². The standard InChI is InChI=1S/C22H16N2O6/c25-17-13-9-11-5-7-21(13,29-11)19(27)23(17)15-3-1-2-4-16(15)24-18(26)14-10-12-6-8-22(14,30-12)20(24)28/h1-8,11-14H,9-10H2. The lowest BCUT2D eigenvalue weighted by atomic mass is 9.85. The summed E-state index contributed by atoms with van der Waals surface area (Å²) in [6.07, 6.45) is 7.41. The number of carbonyl (C=O) groups excluding carboxylic acids is 4. The molecule has 6 unspecified atom stereocenters. The van der Waals surface area contributed by atoms with Crippen LogP contribution in [0, 0.1) is 11.8 Å². The fraction of sp³-hybridized carbons (Fsp3) is 0.364.